The van der Waals surface area contributed by atoms with Crippen molar-refractivity contribution < 1.29 is 19.0 Å². The summed E-state index contributed by atoms with van der Waals surface area (Å²) in [6.45, 7) is 0. The number of nitrogens with zero attached hydrogens (tertiary/aromatic N) is 3. The highest BCUT2D eigenvalue weighted by Crippen LogP contribution is 2.31. The SMILES string of the molecule is Nc1nc2nc[nH]c2c(=O)n1OP(=O)(O)O. The van der Waals surface area contributed by atoms with Gasteiger partial charge in [0.15, 0.2) is 11.2 Å². The van der Waals surface area contributed by atoms with E-state index in [1.54, 1.807) is 0 Å². The molecule has 2 rings (SSSR count). The van der Waals surface area contributed by atoms with Gasteiger partial charge in [-0.15, -0.1) is 0 Å². The maximum absolute atomic E-state index is 11.6. The predicted octanol–water partition coefficient (Wildman–Crippen LogP) is -1.78. The molecule has 0 unspecified atom stereocenters. The average molecular weight is 247 g/mol. The summed E-state index contributed by atoms with van der Waals surface area (Å²) in [5.41, 5.74) is 4.37. The summed E-state index contributed by atoms with van der Waals surface area (Å²) in [6.07, 6.45) is 1.19. The van der Waals surface area contributed by atoms with Gasteiger partial charge < -0.3 is 15.3 Å². The number of H-pyrrole nitrogens is 1. The van der Waals surface area contributed by atoms with Crippen LogP contribution in [0.2, 0.25) is 0 Å². The summed E-state index contributed by atoms with van der Waals surface area (Å²) in [5, 5.41) is 0. The van der Waals surface area contributed by atoms with Crippen molar-refractivity contribution in [1.29, 1.82) is 0 Å². The molecule has 0 aliphatic rings. The minimum atomic E-state index is -4.89. The van der Waals surface area contributed by atoms with Crippen molar-refractivity contribution in [1.82, 2.24) is 19.7 Å². The number of aromatic nitrogens is 4. The molecule has 5 N–H and O–H groups in total. The Hall–Kier alpha value is -1.90. The summed E-state index contributed by atoms with van der Waals surface area (Å²) < 4.78 is 14.9. The number of nitrogen functional groups attached to an aromatic ring is 1. The molecule has 11 heteroatoms. The van der Waals surface area contributed by atoms with Gasteiger partial charge >= 0.3 is 13.4 Å². The number of aromatic amines is 1. The maximum atomic E-state index is 11.6. The Kier molecular flexibility index (Phi) is 2.19. The Morgan fingerprint density at radius 2 is 2.25 bits per heavy atom. The molecule has 0 spiro atoms. The van der Waals surface area contributed by atoms with Gasteiger partial charge in [-0.25, -0.2) is 9.55 Å². The minimum Gasteiger partial charge on any atom is -0.367 e. The van der Waals surface area contributed by atoms with Crippen molar-refractivity contribution in [2.45, 2.75) is 0 Å². The van der Waals surface area contributed by atoms with E-state index in [-0.39, 0.29) is 15.9 Å². The first-order valence-corrected chi connectivity index (χ1v) is 5.39. The number of fused-ring (bicyclic) bond motifs is 1. The Morgan fingerprint density at radius 3 is 2.88 bits per heavy atom. The Labute approximate surface area is 86.9 Å². The molecule has 0 aromatic carbocycles. The van der Waals surface area contributed by atoms with Crippen molar-refractivity contribution in [2.24, 2.45) is 0 Å². The number of anilines is 1. The van der Waals surface area contributed by atoms with E-state index in [0.29, 0.717) is 0 Å². The van der Waals surface area contributed by atoms with E-state index in [9.17, 15) is 9.36 Å². The molecular formula is C5H6N5O5P. The lowest BCUT2D eigenvalue weighted by molar-refractivity contribution is 0.174. The first-order valence-electron chi connectivity index (χ1n) is 3.86. The molecule has 2 aromatic rings. The quantitative estimate of drug-likeness (QED) is 0.454. The number of hydrogen-bond donors (Lipinski definition) is 4. The third-order valence-corrected chi connectivity index (χ3v) is 2.01. The second-order valence-electron chi connectivity index (χ2n) is 2.74. The lowest BCUT2D eigenvalue weighted by atomic mass is 10.5. The molecular weight excluding hydrogens is 241 g/mol. The van der Waals surface area contributed by atoms with Crippen molar-refractivity contribution in [3.05, 3.63) is 16.7 Å². The van der Waals surface area contributed by atoms with Crippen LogP contribution in [0.25, 0.3) is 11.2 Å². The van der Waals surface area contributed by atoms with Crippen LogP contribution >= 0.6 is 7.82 Å². The fraction of sp³-hybridized carbons (Fsp3) is 0. The van der Waals surface area contributed by atoms with Gasteiger partial charge in [0, 0.05) is 0 Å². The molecule has 0 aliphatic heterocycles. The van der Waals surface area contributed by atoms with Crippen LogP contribution in [0.5, 0.6) is 0 Å². The largest absolute Gasteiger partial charge is 0.544 e. The molecule has 0 amide bonds. The molecule has 2 heterocycles. The number of nitrogens with one attached hydrogen (secondary N) is 1. The van der Waals surface area contributed by atoms with Crippen molar-refractivity contribution >= 4 is 24.9 Å². The fourth-order valence-electron chi connectivity index (χ4n) is 1.07. The molecule has 0 atom stereocenters. The second-order valence-corrected chi connectivity index (χ2v) is 3.89. The zero-order valence-electron chi connectivity index (χ0n) is 7.56. The highest BCUT2D eigenvalue weighted by molar-refractivity contribution is 7.46. The van der Waals surface area contributed by atoms with Crippen molar-refractivity contribution in [2.75, 3.05) is 5.73 Å². The Morgan fingerprint density at radius 1 is 1.56 bits per heavy atom. The topological polar surface area (TPSA) is 156 Å². The van der Waals surface area contributed by atoms with Crippen LogP contribution < -0.4 is 15.9 Å². The van der Waals surface area contributed by atoms with Gasteiger partial charge in [0.25, 0.3) is 0 Å². The predicted molar refractivity (Wildman–Crippen MR) is 51.2 cm³/mol. The van der Waals surface area contributed by atoms with Crippen molar-refractivity contribution in [3.63, 3.8) is 0 Å². The minimum absolute atomic E-state index is 0.0352. The van der Waals surface area contributed by atoms with Crippen LogP contribution in [0.1, 0.15) is 0 Å². The molecule has 86 valence electrons. The number of rotatable bonds is 2. The van der Waals surface area contributed by atoms with Crippen molar-refractivity contribution in [3.8, 4) is 0 Å². The number of imidazole rings is 1. The van der Waals surface area contributed by atoms with E-state index in [0.717, 1.165) is 0 Å². The Bertz CT molecular complexity index is 640. The molecule has 0 radical (unpaired) electrons. The first-order chi connectivity index (χ1) is 7.38. The van der Waals surface area contributed by atoms with Crippen LogP contribution in [-0.4, -0.2) is 29.5 Å². The third-order valence-electron chi connectivity index (χ3n) is 1.63. The summed E-state index contributed by atoms with van der Waals surface area (Å²) in [6, 6.07) is 0. The first kappa shape index (κ1) is 10.6. The lowest BCUT2D eigenvalue weighted by Gasteiger charge is -2.09. The monoisotopic (exact) mass is 247 g/mol. The second kappa shape index (κ2) is 3.30. The van der Waals surface area contributed by atoms with E-state index < -0.39 is 19.3 Å². The molecule has 2 aromatic heterocycles. The van der Waals surface area contributed by atoms with E-state index in [4.69, 9.17) is 15.5 Å². The van der Waals surface area contributed by atoms with Gasteiger partial charge in [-0.2, -0.15) is 4.98 Å². The summed E-state index contributed by atoms with van der Waals surface area (Å²) in [5.74, 6) is -0.507. The van der Waals surface area contributed by atoms with Crippen LogP contribution in [-0.2, 0) is 4.57 Å². The fourth-order valence-corrected chi connectivity index (χ4v) is 1.44. The summed E-state index contributed by atoms with van der Waals surface area (Å²) in [4.78, 5) is 38.4. The van der Waals surface area contributed by atoms with Crippen LogP contribution in [0.3, 0.4) is 0 Å². The smallest absolute Gasteiger partial charge is 0.367 e. The molecule has 10 nitrogen and oxygen atoms in total. The molecule has 16 heavy (non-hydrogen) atoms. The normalized spacial score (nSPS) is 11.9. The standard InChI is InChI=1S/C5H6N5O5P/c6-5-9-3-2(7-1-8-3)4(11)10(5)15-16(12,13)14/h1H,(H2,6,9)(H,7,8)(H2,12,13,14). The molecule has 0 fully saturated rings. The zero-order valence-corrected chi connectivity index (χ0v) is 8.46. The van der Waals surface area contributed by atoms with Gasteiger partial charge in [-0.05, 0) is 0 Å². The number of hydrogen-bond acceptors (Lipinski definition) is 6. The lowest BCUT2D eigenvalue weighted by Crippen LogP contribution is -2.29. The van der Waals surface area contributed by atoms with Gasteiger partial charge in [0.1, 0.15) is 0 Å². The van der Waals surface area contributed by atoms with Crippen LogP contribution in [0.15, 0.2) is 11.1 Å². The highest BCUT2D eigenvalue weighted by atomic mass is 31.2. The number of phosphoric acid groups is 1. The maximum Gasteiger partial charge on any atom is 0.544 e. The van der Waals surface area contributed by atoms with Gasteiger partial charge in [-0.1, -0.05) is 4.73 Å². The number of nitrogens with two attached hydrogens (primary N) is 1. The molecule has 0 aliphatic carbocycles. The third kappa shape index (κ3) is 1.76. The molecule has 0 saturated heterocycles. The molecule has 0 bridgehead atoms. The zero-order chi connectivity index (χ0) is 11.9. The Balaban J connectivity index is 2.69. The average Bonchev–Trinajstić information content (AvgIpc) is 2.58. The molecule has 0 saturated carbocycles. The summed E-state index contributed by atoms with van der Waals surface area (Å²) in [7, 11) is -4.89. The van der Waals surface area contributed by atoms with E-state index in [2.05, 4.69) is 19.6 Å². The van der Waals surface area contributed by atoms with Gasteiger partial charge in [0.05, 0.1) is 6.33 Å². The highest BCUT2D eigenvalue weighted by Gasteiger charge is 2.21. The van der Waals surface area contributed by atoms with E-state index in [1.807, 2.05) is 0 Å². The van der Waals surface area contributed by atoms with E-state index in [1.165, 1.54) is 6.33 Å². The van der Waals surface area contributed by atoms with Crippen LogP contribution in [0, 0.1) is 0 Å². The van der Waals surface area contributed by atoms with Gasteiger partial charge in [0.2, 0.25) is 5.95 Å². The van der Waals surface area contributed by atoms with Gasteiger partial charge in [-0.3, -0.25) is 14.6 Å². The summed E-state index contributed by atoms with van der Waals surface area (Å²) >= 11 is 0. The van der Waals surface area contributed by atoms with Crippen LogP contribution in [0.4, 0.5) is 5.95 Å². The van der Waals surface area contributed by atoms with E-state index >= 15 is 0 Å².